The maximum atomic E-state index is 11.7. The zero-order valence-electron chi connectivity index (χ0n) is 18.1. The summed E-state index contributed by atoms with van der Waals surface area (Å²) in [5.74, 6) is -1.10. The van der Waals surface area contributed by atoms with Gasteiger partial charge in [-0.3, -0.25) is 19.4 Å². The molecule has 33 heavy (non-hydrogen) atoms. The number of aromatic nitrogens is 2. The van der Waals surface area contributed by atoms with Gasteiger partial charge in [0, 0.05) is 38.3 Å². The lowest BCUT2D eigenvalue weighted by atomic mass is 10.1. The Hall–Kier alpha value is -3.65. The molecule has 0 amide bonds. The van der Waals surface area contributed by atoms with Crippen LogP contribution in [0.25, 0.3) is 11.3 Å². The largest absolute Gasteiger partial charge is 0.474 e. The summed E-state index contributed by atoms with van der Waals surface area (Å²) in [4.78, 5) is 43.3. The Labute approximate surface area is 194 Å². The van der Waals surface area contributed by atoms with Gasteiger partial charge >= 0.3 is 17.9 Å². The molecule has 3 heterocycles. The van der Waals surface area contributed by atoms with Gasteiger partial charge in [0.05, 0.1) is 11.9 Å². The molecule has 10 nitrogen and oxygen atoms in total. The van der Waals surface area contributed by atoms with Gasteiger partial charge in [0.15, 0.2) is 23.7 Å². The first-order valence-electron chi connectivity index (χ1n) is 9.89. The number of esters is 3. The van der Waals surface area contributed by atoms with Gasteiger partial charge < -0.3 is 18.9 Å². The van der Waals surface area contributed by atoms with Crippen molar-refractivity contribution in [3.63, 3.8) is 0 Å². The molecule has 0 radical (unpaired) electrons. The van der Waals surface area contributed by atoms with E-state index in [0.29, 0.717) is 17.1 Å². The van der Waals surface area contributed by atoms with Crippen molar-refractivity contribution in [3.8, 4) is 23.1 Å². The predicted molar refractivity (Wildman–Crippen MR) is 116 cm³/mol. The van der Waals surface area contributed by atoms with E-state index in [1.807, 2.05) is 6.07 Å². The average molecular weight is 471 g/mol. The third kappa shape index (κ3) is 6.43. The van der Waals surface area contributed by atoms with Crippen molar-refractivity contribution in [2.75, 3.05) is 5.75 Å². The van der Waals surface area contributed by atoms with Crippen molar-refractivity contribution in [2.45, 2.75) is 44.5 Å². The maximum Gasteiger partial charge on any atom is 0.303 e. The van der Waals surface area contributed by atoms with Crippen LogP contribution in [0.15, 0.2) is 36.7 Å². The molecule has 3 rings (SSSR count). The van der Waals surface area contributed by atoms with Crippen LogP contribution in [0.2, 0.25) is 0 Å². The lowest BCUT2D eigenvalue weighted by Gasteiger charge is -2.39. The highest BCUT2D eigenvalue weighted by molar-refractivity contribution is 7.99. The first kappa shape index (κ1) is 24.0. The molecule has 1 fully saturated rings. The predicted octanol–water partition coefficient (Wildman–Crippen LogP) is 2.26. The monoisotopic (exact) mass is 471 g/mol. The van der Waals surface area contributed by atoms with Crippen LogP contribution in [0.3, 0.4) is 0 Å². The molecule has 1 saturated heterocycles. The summed E-state index contributed by atoms with van der Waals surface area (Å²) < 4.78 is 22.0. The number of pyridine rings is 2. The molecule has 4 atom stereocenters. The number of ether oxygens (including phenoxy) is 4. The summed E-state index contributed by atoms with van der Waals surface area (Å²) in [6.45, 7) is 3.69. The Morgan fingerprint density at radius 3 is 2.18 bits per heavy atom. The van der Waals surface area contributed by atoms with Gasteiger partial charge in [-0.25, -0.2) is 4.98 Å². The molecule has 172 valence electrons. The summed E-state index contributed by atoms with van der Waals surface area (Å²) in [5, 5.41) is 8.86. The molecule has 2 aromatic heterocycles. The van der Waals surface area contributed by atoms with E-state index in [1.165, 1.54) is 38.7 Å². The smallest absolute Gasteiger partial charge is 0.303 e. The molecule has 0 bridgehead atoms. The average Bonchev–Trinajstić information content (AvgIpc) is 2.77. The first-order chi connectivity index (χ1) is 15.8. The van der Waals surface area contributed by atoms with Crippen molar-refractivity contribution < 1.29 is 33.3 Å². The summed E-state index contributed by atoms with van der Waals surface area (Å²) in [6.07, 6.45) is 0.201. The van der Waals surface area contributed by atoms with Crippen molar-refractivity contribution in [2.24, 2.45) is 0 Å². The minimum absolute atomic E-state index is 0.266. The normalized spacial score (nSPS) is 21.9. The molecule has 11 heteroatoms. The number of thioether (sulfide) groups is 1. The third-order valence-electron chi connectivity index (χ3n) is 4.47. The van der Waals surface area contributed by atoms with E-state index in [4.69, 9.17) is 24.2 Å². The molecule has 1 aliphatic rings. The molecular formula is C22H21N3O7S. The Morgan fingerprint density at radius 1 is 0.939 bits per heavy atom. The van der Waals surface area contributed by atoms with Gasteiger partial charge in [0.25, 0.3) is 0 Å². The molecule has 2 aromatic rings. The molecule has 0 saturated carbocycles. The lowest BCUT2D eigenvalue weighted by molar-refractivity contribution is -0.186. The maximum absolute atomic E-state index is 11.7. The van der Waals surface area contributed by atoms with Crippen LogP contribution in [-0.2, 0) is 28.6 Å². The number of rotatable bonds is 6. The molecule has 0 aromatic carbocycles. The summed E-state index contributed by atoms with van der Waals surface area (Å²) in [7, 11) is 0. The fraction of sp³-hybridized carbons (Fsp3) is 0.364. The Kier molecular flexibility index (Phi) is 7.84. The standard InChI is InChI=1S/C22H21N3O7S/c1-12(26)29-19-11-33-22(21(31-14(3)28)20(19)30-13(2)27)32-17-6-7-18(25-10-17)15-4-5-16(8-23)24-9-15/h4-7,9-10,19-22H,11H2,1-3H3/t19-,20+,21-,22-/m1/s1. The number of hydrogen-bond donors (Lipinski definition) is 0. The fourth-order valence-corrected chi connectivity index (χ4v) is 4.39. The van der Waals surface area contributed by atoms with Crippen LogP contribution < -0.4 is 4.74 Å². The minimum Gasteiger partial charge on any atom is -0.474 e. The zero-order valence-corrected chi connectivity index (χ0v) is 18.9. The topological polar surface area (TPSA) is 138 Å². The molecule has 0 aliphatic carbocycles. The molecule has 1 aliphatic heterocycles. The Morgan fingerprint density at radius 2 is 1.64 bits per heavy atom. The Bertz CT molecular complexity index is 1050. The number of hydrogen-bond acceptors (Lipinski definition) is 11. The van der Waals surface area contributed by atoms with Crippen molar-refractivity contribution >= 4 is 29.7 Å². The zero-order chi connectivity index (χ0) is 24.0. The molecule has 0 spiro atoms. The lowest BCUT2D eigenvalue weighted by Crippen LogP contribution is -2.55. The number of nitriles is 1. The van der Waals surface area contributed by atoms with Gasteiger partial charge in [-0.05, 0) is 24.3 Å². The Balaban J connectivity index is 1.79. The van der Waals surface area contributed by atoms with Crippen LogP contribution in [0.1, 0.15) is 26.5 Å². The van der Waals surface area contributed by atoms with Crippen molar-refractivity contribution in [1.29, 1.82) is 5.26 Å². The SMILES string of the molecule is CC(=O)O[C@@H]1[C@@H](OC(C)=O)[C@H](OC(C)=O)CS[C@H]1Oc1ccc(-c2ccc(C#N)nc2)nc1. The van der Waals surface area contributed by atoms with Crippen LogP contribution in [0.4, 0.5) is 0 Å². The summed E-state index contributed by atoms with van der Waals surface area (Å²) >= 11 is 1.26. The van der Waals surface area contributed by atoms with Crippen molar-refractivity contribution in [3.05, 3.63) is 42.4 Å². The highest BCUT2D eigenvalue weighted by atomic mass is 32.2. The third-order valence-corrected chi connectivity index (χ3v) is 5.68. The second-order valence-corrected chi connectivity index (χ2v) is 8.17. The summed E-state index contributed by atoms with van der Waals surface area (Å²) in [5.41, 5.74) is 0.914. The van der Waals surface area contributed by atoms with Crippen molar-refractivity contribution in [1.82, 2.24) is 9.97 Å². The highest BCUT2D eigenvalue weighted by Crippen LogP contribution is 2.34. The number of nitrogens with zero attached hydrogens (tertiary/aromatic N) is 3. The van der Waals surface area contributed by atoms with Gasteiger partial charge in [-0.15, -0.1) is 11.8 Å². The van der Waals surface area contributed by atoms with E-state index >= 15 is 0 Å². The van der Waals surface area contributed by atoms with Crippen LogP contribution >= 0.6 is 11.8 Å². The van der Waals surface area contributed by atoms with E-state index in [0.717, 1.165) is 5.56 Å². The van der Waals surface area contributed by atoms with E-state index in [1.54, 1.807) is 30.5 Å². The molecule has 0 N–H and O–H groups in total. The summed E-state index contributed by atoms with van der Waals surface area (Å²) in [6, 6.07) is 8.70. The van der Waals surface area contributed by atoms with Gasteiger partial charge in [0.1, 0.15) is 17.5 Å². The van der Waals surface area contributed by atoms with Gasteiger partial charge in [-0.2, -0.15) is 5.26 Å². The van der Waals surface area contributed by atoms with Crippen LogP contribution in [-0.4, -0.2) is 57.4 Å². The van der Waals surface area contributed by atoms with Crippen LogP contribution in [0, 0.1) is 11.3 Å². The molecular weight excluding hydrogens is 450 g/mol. The van der Waals surface area contributed by atoms with E-state index in [-0.39, 0.29) is 5.75 Å². The second-order valence-electron chi connectivity index (χ2n) is 7.04. The quantitative estimate of drug-likeness (QED) is 0.453. The first-order valence-corrected chi connectivity index (χ1v) is 10.9. The highest BCUT2D eigenvalue weighted by Gasteiger charge is 2.47. The van der Waals surface area contributed by atoms with E-state index < -0.39 is 41.7 Å². The fourth-order valence-electron chi connectivity index (χ4n) is 3.18. The number of carbonyl (C=O) groups is 3. The van der Waals surface area contributed by atoms with Gasteiger partial charge in [-0.1, -0.05) is 0 Å². The number of carbonyl (C=O) groups excluding carboxylic acids is 3. The van der Waals surface area contributed by atoms with E-state index in [9.17, 15) is 14.4 Å². The van der Waals surface area contributed by atoms with E-state index in [2.05, 4.69) is 9.97 Å². The minimum atomic E-state index is -1.03. The van der Waals surface area contributed by atoms with Crippen LogP contribution in [0.5, 0.6) is 5.75 Å². The van der Waals surface area contributed by atoms with Gasteiger partial charge in [0.2, 0.25) is 0 Å². The molecule has 0 unspecified atom stereocenters. The second kappa shape index (κ2) is 10.8.